The third-order valence-corrected chi connectivity index (χ3v) is 9.50. The van der Waals surface area contributed by atoms with Gasteiger partial charge in [-0.2, -0.15) is 0 Å². The highest BCUT2D eigenvalue weighted by atomic mass is 32.2. The number of sulfone groups is 1. The van der Waals surface area contributed by atoms with Gasteiger partial charge in [-0.05, 0) is 59.9 Å². The van der Waals surface area contributed by atoms with Crippen molar-refractivity contribution in [2.45, 2.75) is 30.7 Å². The molecule has 1 aliphatic rings. The van der Waals surface area contributed by atoms with Crippen molar-refractivity contribution in [3.05, 3.63) is 90.0 Å². The molecule has 0 fully saturated rings. The van der Waals surface area contributed by atoms with Crippen molar-refractivity contribution in [1.82, 2.24) is 10.2 Å². The number of aliphatic hydroxyl groups excluding tert-OH is 1. The maximum absolute atomic E-state index is 12.7. The molecule has 0 saturated heterocycles. The number of hydrogen-bond acceptors (Lipinski definition) is 7. The SMILES string of the molecule is CC(CNC(=O)c1ccccc1O)(CC(O)N1CC=C(c2ccc(-c3ccc(O)cc3)cc2)CC1)S(C)(=O)=O. The number of benzene rings is 3. The maximum atomic E-state index is 12.7. The third kappa shape index (κ3) is 6.68. The number of nitrogens with one attached hydrogen (secondary N) is 1. The molecule has 1 amide bonds. The lowest BCUT2D eigenvalue weighted by atomic mass is 9.96. The highest BCUT2D eigenvalue weighted by Gasteiger charge is 2.40. The second-order valence-electron chi connectivity index (χ2n) is 10.2. The minimum atomic E-state index is -3.66. The van der Waals surface area contributed by atoms with E-state index in [1.54, 1.807) is 24.3 Å². The van der Waals surface area contributed by atoms with Gasteiger partial charge in [-0.1, -0.05) is 54.6 Å². The lowest BCUT2D eigenvalue weighted by molar-refractivity contribution is -0.00246. The Hall–Kier alpha value is -3.66. The van der Waals surface area contributed by atoms with Crippen LogP contribution in [0.4, 0.5) is 0 Å². The summed E-state index contributed by atoms with van der Waals surface area (Å²) < 4.78 is 24.0. The van der Waals surface area contributed by atoms with Crippen LogP contribution in [-0.4, -0.2) is 71.4 Å². The fraction of sp³-hybridized carbons (Fsp3) is 0.300. The fourth-order valence-electron chi connectivity index (χ4n) is 4.65. The highest BCUT2D eigenvalue weighted by Crippen LogP contribution is 2.29. The molecule has 0 radical (unpaired) electrons. The van der Waals surface area contributed by atoms with Gasteiger partial charge in [0.05, 0.1) is 10.3 Å². The van der Waals surface area contributed by atoms with Crippen LogP contribution in [0.25, 0.3) is 16.7 Å². The highest BCUT2D eigenvalue weighted by molar-refractivity contribution is 7.92. The summed E-state index contributed by atoms with van der Waals surface area (Å²) in [6.07, 6.45) is 2.72. The summed E-state index contributed by atoms with van der Waals surface area (Å²) in [6.45, 7) is 2.31. The largest absolute Gasteiger partial charge is 0.508 e. The fourth-order valence-corrected chi connectivity index (χ4v) is 5.43. The van der Waals surface area contributed by atoms with E-state index < -0.39 is 26.7 Å². The average Bonchev–Trinajstić information content (AvgIpc) is 2.92. The van der Waals surface area contributed by atoms with Gasteiger partial charge in [-0.15, -0.1) is 0 Å². The molecular formula is C30H34N2O6S. The first kappa shape index (κ1) is 28.4. The molecule has 1 heterocycles. The molecule has 0 spiro atoms. The number of aliphatic hydroxyl groups is 1. The molecule has 2 atom stereocenters. The predicted molar refractivity (Wildman–Crippen MR) is 152 cm³/mol. The van der Waals surface area contributed by atoms with Crippen molar-refractivity contribution in [1.29, 1.82) is 0 Å². The monoisotopic (exact) mass is 550 g/mol. The minimum absolute atomic E-state index is 0.0543. The van der Waals surface area contributed by atoms with Crippen molar-refractivity contribution < 1.29 is 28.5 Å². The summed E-state index contributed by atoms with van der Waals surface area (Å²) in [7, 11) is -3.66. The van der Waals surface area contributed by atoms with E-state index in [9.17, 15) is 28.5 Å². The van der Waals surface area contributed by atoms with Crippen LogP contribution in [0.3, 0.4) is 0 Å². The van der Waals surface area contributed by atoms with E-state index in [1.165, 1.54) is 19.1 Å². The second kappa shape index (κ2) is 11.6. The average molecular weight is 551 g/mol. The summed E-state index contributed by atoms with van der Waals surface area (Å²) in [5.74, 6) is -0.551. The Balaban J connectivity index is 1.39. The number of para-hydroxylation sites is 1. The lowest BCUT2D eigenvalue weighted by Crippen LogP contribution is -2.51. The Morgan fingerprint density at radius 2 is 1.56 bits per heavy atom. The van der Waals surface area contributed by atoms with Gasteiger partial charge in [0.1, 0.15) is 17.7 Å². The standard InChI is InChI=1S/C30H34N2O6S/c1-30(39(2,37)38,20-31-29(36)26-5-3-4-6-27(26)34)19-28(35)32-17-15-24(16-18-32)22-9-7-21(8-10-22)23-11-13-25(33)14-12-23/h3-15,28,33-35H,16-20H2,1-2H3,(H,31,36). The molecule has 3 aromatic carbocycles. The van der Waals surface area contributed by atoms with Crippen LogP contribution in [0.1, 0.15) is 35.7 Å². The Labute approximate surface area is 229 Å². The number of phenols is 2. The second-order valence-corrected chi connectivity index (χ2v) is 12.7. The number of rotatable bonds is 9. The molecule has 0 aromatic heterocycles. The third-order valence-electron chi connectivity index (χ3n) is 7.40. The van der Waals surface area contributed by atoms with Crippen LogP contribution in [0, 0.1) is 0 Å². The van der Waals surface area contributed by atoms with Crippen LogP contribution in [0.15, 0.2) is 78.9 Å². The smallest absolute Gasteiger partial charge is 0.255 e. The van der Waals surface area contributed by atoms with Gasteiger partial charge in [0, 0.05) is 32.3 Å². The van der Waals surface area contributed by atoms with Gasteiger partial charge < -0.3 is 20.6 Å². The first-order chi connectivity index (χ1) is 18.5. The van der Waals surface area contributed by atoms with Crippen LogP contribution >= 0.6 is 0 Å². The molecule has 4 N–H and O–H groups in total. The predicted octanol–water partition coefficient (Wildman–Crippen LogP) is 3.80. The summed E-state index contributed by atoms with van der Waals surface area (Å²) in [5.41, 5.74) is 4.34. The van der Waals surface area contributed by atoms with Crippen molar-refractivity contribution in [3.8, 4) is 22.6 Å². The van der Waals surface area contributed by atoms with Crippen LogP contribution in [0.2, 0.25) is 0 Å². The zero-order valence-electron chi connectivity index (χ0n) is 22.0. The number of phenolic OH excluding ortho intramolecular Hbond substituents is 2. The van der Waals surface area contributed by atoms with E-state index in [-0.39, 0.29) is 30.0 Å². The van der Waals surface area contributed by atoms with Crippen molar-refractivity contribution in [2.75, 3.05) is 25.9 Å². The number of aromatic hydroxyl groups is 2. The summed E-state index contributed by atoms with van der Waals surface area (Å²) in [6, 6.07) is 21.2. The van der Waals surface area contributed by atoms with Gasteiger partial charge in [-0.3, -0.25) is 9.69 Å². The van der Waals surface area contributed by atoms with Crippen molar-refractivity contribution >= 4 is 21.3 Å². The van der Waals surface area contributed by atoms with E-state index in [2.05, 4.69) is 5.32 Å². The van der Waals surface area contributed by atoms with E-state index in [0.717, 1.165) is 28.5 Å². The van der Waals surface area contributed by atoms with Crippen LogP contribution < -0.4 is 5.32 Å². The molecule has 206 valence electrons. The topological polar surface area (TPSA) is 127 Å². The molecule has 2 unspecified atom stereocenters. The Morgan fingerprint density at radius 1 is 0.974 bits per heavy atom. The zero-order valence-corrected chi connectivity index (χ0v) is 22.9. The minimum Gasteiger partial charge on any atom is -0.508 e. The van der Waals surface area contributed by atoms with Gasteiger partial charge >= 0.3 is 0 Å². The van der Waals surface area contributed by atoms with E-state index in [1.807, 2.05) is 47.4 Å². The number of nitrogens with zero attached hydrogens (tertiary/aromatic N) is 1. The Bertz CT molecular complexity index is 1450. The molecule has 1 aliphatic heterocycles. The first-order valence-electron chi connectivity index (χ1n) is 12.7. The number of carbonyl (C=O) groups excluding carboxylic acids is 1. The number of amides is 1. The summed E-state index contributed by atoms with van der Waals surface area (Å²) >= 11 is 0. The molecule has 4 rings (SSSR count). The molecular weight excluding hydrogens is 516 g/mol. The van der Waals surface area contributed by atoms with Crippen LogP contribution in [-0.2, 0) is 9.84 Å². The Morgan fingerprint density at radius 3 is 2.13 bits per heavy atom. The van der Waals surface area contributed by atoms with Gasteiger partial charge in [-0.25, -0.2) is 8.42 Å². The van der Waals surface area contributed by atoms with Crippen molar-refractivity contribution in [3.63, 3.8) is 0 Å². The van der Waals surface area contributed by atoms with E-state index in [4.69, 9.17) is 0 Å². The molecule has 8 nitrogen and oxygen atoms in total. The van der Waals surface area contributed by atoms with E-state index >= 15 is 0 Å². The zero-order chi connectivity index (χ0) is 28.2. The molecule has 0 bridgehead atoms. The van der Waals surface area contributed by atoms with Gasteiger partial charge in [0.25, 0.3) is 5.91 Å². The summed E-state index contributed by atoms with van der Waals surface area (Å²) in [5, 5.41) is 33.0. The molecule has 3 aromatic rings. The molecule has 39 heavy (non-hydrogen) atoms. The summed E-state index contributed by atoms with van der Waals surface area (Å²) in [4.78, 5) is 14.4. The normalized spacial score (nSPS) is 16.6. The molecule has 0 aliphatic carbocycles. The van der Waals surface area contributed by atoms with Crippen molar-refractivity contribution in [2.24, 2.45) is 0 Å². The quantitative estimate of drug-likeness (QED) is 0.319. The Kier molecular flexibility index (Phi) is 8.44. The van der Waals surface area contributed by atoms with Crippen LogP contribution in [0.5, 0.6) is 11.5 Å². The maximum Gasteiger partial charge on any atom is 0.255 e. The molecule has 9 heteroatoms. The lowest BCUT2D eigenvalue weighted by Gasteiger charge is -2.36. The number of hydrogen-bond donors (Lipinski definition) is 4. The van der Waals surface area contributed by atoms with Gasteiger partial charge in [0.2, 0.25) is 0 Å². The molecule has 0 saturated carbocycles. The first-order valence-corrected chi connectivity index (χ1v) is 14.6. The number of carbonyl (C=O) groups is 1. The van der Waals surface area contributed by atoms with Gasteiger partial charge in [0.15, 0.2) is 9.84 Å². The van der Waals surface area contributed by atoms with E-state index in [0.29, 0.717) is 19.5 Å².